The van der Waals surface area contributed by atoms with E-state index in [1.54, 1.807) is 7.11 Å². The second kappa shape index (κ2) is 7.72. The van der Waals surface area contributed by atoms with E-state index in [2.05, 4.69) is 12.2 Å². The number of rotatable bonds is 5. The number of ether oxygens (including phenoxy) is 1. The summed E-state index contributed by atoms with van der Waals surface area (Å²) >= 11 is 1.46. The molecule has 1 fully saturated rings. The van der Waals surface area contributed by atoms with Crippen molar-refractivity contribution in [3.8, 4) is 5.75 Å². The molecule has 0 aliphatic carbocycles. The number of nitrogens with zero attached hydrogens (tertiary/aromatic N) is 1. The molecule has 1 amide bonds. The van der Waals surface area contributed by atoms with Crippen molar-refractivity contribution in [2.75, 3.05) is 26.7 Å². The van der Waals surface area contributed by atoms with Crippen molar-refractivity contribution in [3.63, 3.8) is 0 Å². The lowest BCUT2D eigenvalue weighted by molar-refractivity contribution is 0.0694. The Morgan fingerprint density at radius 3 is 3.00 bits per heavy atom. The van der Waals surface area contributed by atoms with E-state index in [1.165, 1.54) is 11.3 Å². The van der Waals surface area contributed by atoms with Crippen molar-refractivity contribution >= 4 is 29.7 Å². The summed E-state index contributed by atoms with van der Waals surface area (Å²) in [6.07, 6.45) is 2.02. The van der Waals surface area contributed by atoms with Gasteiger partial charge < -0.3 is 15.0 Å². The van der Waals surface area contributed by atoms with Crippen molar-refractivity contribution in [1.29, 1.82) is 0 Å². The molecule has 0 spiro atoms. The van der Waals surface area contributed by atoms with Gasteiger partial charge in [-0.1, -0.05) is 6.92 Å². The van der Waals surface area contributed by atoms with Gasteiger partial charge in [-0.3, -0.25) is 4.79 Å². The number of nitrogens with one attached hydrogen (secondary N) is 1. The molecule has 6 heteroatoms. The number of carbonyl (C=O) groups excluding carboxylic acids is 1. The standard InChI is InChI=1S/C13H20N2O2S.ClH/c1-3-7-15(10-4-6-14-9-10)13(16)12-11(17-2)5-8-18-12;/h5,8,10,14H,3-4,6-7,9H2,1-2H3;1H. The third-order valence-corrected chi connectivity index (χ3v) is 4.13. The summed E-state index contributed by atoms with van der Waals surface area (Å²) in [6.45, 7) is 4.82. The molecule has 0 saturated carbocycles. The van der Waals surface area contributed by atoms with Crippen LogP contribution in [0.3, 0.4) is 0 Å². The average Bonchev–Trinajstić information content (AvgIpc) is 3.05. The van der Waals surface area contributed by atoms with Crippen LogP contribution in [0.5, 0.6) is 5.75 Å². The molecule has 19 heavy (non-hydrogen) atoms. The second-order valence-corrected chi connectivity index (χ2v) is 5.38. The summed E-state index contributed by atoms with van der Waals surface area (Å²) in [6, 6.07) is 2.18. The molecule has 0 radical (unpaired) electrons. The van der Waals surface area contributed by atoms with Crippen LogP contribution in [0.15, 0.2) is 11.4 Å². The molecule has 2 rings (SSSR count). The van der Waals surface area contributed by atoms with E-state index in [0.29, 0.717) is 11.8 Å². The molecule has 1 aromatic heterocycles. The quantitative estimate of drug-likeness (QED) is 0.908. The van der Waals surface area contributed by atoms with Gasteiger partial charge in [0.1, 0.15) is 10.6 Å². The summed E-state index contributed by atoms with van der Waals surface area (Å²) in [5, 5.41) is 5.22. The Labute approximate surface area is 124 Å². The van der Waals surface area contributed by atoms with Gasteiger partial charge in [0, 0.05) is 19.1 Å². The zero-order chi connectivity index (χ0) is 13.0. The molecule has 1 atom stereocenters. The molecule has 0 aromatic carbocycles. The van der Waals surface area contributed by atoms with Crippen LogP contribution in [0.2, 0.25) is 0 Å². The lowest BCUT2D eigenvalue weighted by atomic mass is 10.2. The topological polar surface area (TPSA) is 41.6 Å². The Bertz CT molecular complexity index is 405. The first kappa shape index (κ1) is 16.3. The van der Waals surface area contributed by atoms with Crippen molar-refractivity contribution in [1.82, 2.24) is 10.2 Å². The fourth-order valence-electron chi connectivity index (χ4n) is 2.34. The molecule has 1 N–H and O–H groups in total. The van der Waals surface area contributed by atoms with Gasteiger partial charge in [0.05, 0.1) is 7.11 Å². The number of hydrogen-bond donors (Lipinski definition) is 1. The predicted molar refractivity (Wildman–Crippen MR) is 80.7 cm³/mol. The molecule has 1 aromatic rings. The Morgan fingerprint density at radius 1 is 1.63 bits per heavy atom. The van der Waals surface area contributed by atoms with Crippen LogP contribution < -0.4 is 10.1 Å². The summed E-state index contributed by atoms with van der Waals surface area (Å²) < 4.78 is 5.24. The fraction of sp³-hybridized carbons (Fsp3) is 0.615. The maximum absolute atomic E-state index is 12.6. The minimum atomic E-state index is 0. The van der Waals surface area contributed by atoms with Crippen LogP contribution in [-0.4, -0.2) is 43.6 Å². The van der Waals surface area contributed by atoms with Gasteiger partial charge in [-0.15, -0.1) is 23.7 Å². The normalized spacial score (nSPS) is 17.9. The SMILES string of the molecule is CCCN(C(=O)c1sccc1OC)C1CCNC1.Cl. The van der Waals surface area contributed by atoms with Gasteiger partial charge in [0.15, 0.2) is 0 Å². The van der Waals surface area contributed by atoms with Crippen molar-refractivity contribution in [3.05, 3.63) is 16.3 Å². The van der Waals surface area contributed by atoms with Gasteiger partial charge in [-0.05, 0) is 30.8 Å². The minimum Gasteiger partial charge on any atom is -0.495 e. The van der Waals surface area contributed by atoms with Gasteiger partial charge in [0.25, 0.3) is 5.91 Å². The highest BCUT2D eigenvalue weighted by molar-refractivity contribution is 7.12. The third-order valence-electron chi connectivity index (χ3n) is 3.24. The number of thiophene rings is 1. The summed E-state index contributed by atoms with van der Waals surface area (Å²) in [5.41, 5.74) is 0. The predicted octanol–water partition coefficient (Wildman–Crippen LogP) is 2.39. The van der Waals surface area contributed by atoms with Gasteiger partial charge in [-0.2, -0.15) is 0 Å². The monoisotopic (exact) mass is 304 g/mol. The van der Waals surface area contributed by atoms with Crippen molar-refractivity contribution in [2.24, 2.45) is 0 Å². The number of halogens is 1. The van der Waals surface area contributed by atoms with Gasteiger partial charge in [0.2, 0.25) is 0 Å². The Hall–Kier alpha value is -0.780. The lowest BCUT2D eigenvalue weighted by Crippen LogP contribution is -2.41. The lowest BCUT2D eigenvalue weighted by Gasteiger charge is -2.28. The average molecular weight is 305 g/mol. The highest BCUT2D eigenvalue weighted by Crippen LogP contribution is 2.27. The van der Waals surface area contributed by atoms with E-state index in [0.717, 1.165) is 37.4 Å². The minimum absolute atomic E-state index is 0. The first-order valence-corrected chi connectivity index (χ1v) is 7.29. The number of amides is 1. The molecule has 1 aliphatic rings. The molecule has 1 saturated heterocycles. The molecule has 108 valence electrons. The van der Waals surface area contributed by atoms with Crippen LogP contribution in [0.25, 0.3) is 0 Å². The first-order valence-electron chi connectivity index (χ1n) is 6.41. The van der Waals surface area contributed by atoms with E-state index in [4.69, 9.17) is 4.74 Å². The molecule has 0 bridgehead atoms. The van der Waals surface area contributed by atoms with E-state index in [-0.39, 0.29) is 18.3 Å². The maximum Gasteiger partial charge on any atom is 0.268 e. The van der Waals surface area contributed by atoms with E-state index in [1.807, 2.05) is 16.3 Å². The van der Waals surface area contributed by atoms with E-state index in [9.17, 15) is 4.79 Å². The van der Waals surface area contributed by atoms with Crippen LogP contribution in [0.1, 0.15) is 29.4 Å². The van der Waals surface area contributed by atoms with Gasteiger partial charge >= 0.3 is 0 Å². The zero-order valence-electron chi connectivity index (χ0n) is 11.3. The Balaban J connectivity index is 0.00000180. The van der Waals surface area contributed by atoms with Crippen LogP contribution in [0.4, 0.5) is 0 Å². The highest BCUT2D eigenvalue weighted by Gasteiger charge is 2.28. The largest absolute Gasteiger partial charge is 0.495 e. The molecule has 2 heterocycles. The Kier molecular flexibility index (Phi) is 6.62. The molecular formula is C13H21ClN2O2S. The highest BCUT2D eigenvalue weighted by atomic mass is 35.5. The van der Waals surface area contributed by atoms with Crippen molar-refractivity contribution in [2.45, 2.75) is 25.8 Å². The molecule has 1 aliphatic heterocycles. The summed E-state index contributed by atoms with van der Waals surface area (Å²) in [7, 11) is 1.61. The smallest absolute Gasteiger partial charge is 0.268 e. The molecule has 1 unspecified atom stereocenters. The van der Waals surface area contributed by atoms with Gasteiger partial charge in [-0.25, -0.2) is 0 Å². The van der Waals surface area contributed by atoms with E-state index >= 15 is 0 Å². The fourth-order valence-corrected chi connectivity index (χ4v) is 3.15. The number of carbonyl (C=O) groups is 1. The Morgan fingerprint density at radius 2 is 2.42 bits per heavy atom. The summed E-state index contributed by atoms with van der Waals surface area (Å²) in [5.74, 6) is 0.800. The summed E-state index contributed by atoms with van der Waals surface area (Å²) in [4.78, 5) is 15.3. The number of methoxy groups -OCH3 is 1. The maximum atomic E-state index is 12.6. The molecule has 4 nitrogen and oxygen atoms in total. The van der Waals surface area contributed by atoms with Crippen molar-refractivity contribution < 1.29 is 9.53 Å². The molecular weight excluding hydrogens is 284 g/mol. The van der Waals surface area contributed by atoms with Crippen LogP contribution in [-0.2, 0) is 0 Å². The third kappa shape index (κ3) is 3.61. The van der Waals surface area contributed by atoms with E-state index < -0.39 is 0 Å². The number of hydrogen-bond acceptors (Lipinski definition) is 4. The van der Waals surface area contributed by atoms with Crippen LogP contribution in [0, 0.1) is 0 Å². The van der Waals surface area contributed by atoms with Crippen LogP contribution >= 0.6 is 23.7 Å². The first-order chi connectivity index (χ1) is 8.77. The zero-order valence-corrected chi connectivity index (χ0v) is 13.0. The second-order valence-electron chi connectivity index (χ2n) is 4.46.